The SMILES string of the molecule is CS(=O)(=O)c1ccc(-c2ccccc2F)cc1. The second-order valence-electron chi connectivity index (χ2n) is 3.78. The minimum absolute atomic E-state index is 0.234. The van der Waals surface area contributed by atoms with Crippen LogP contribution in [0.25, 0.3) is 11.1 Å². The zero-order valence-corrected chi connectivity index (χ0v) is 10.0. The molecule has 0 saturated heterocycles. The van der Waals surface area contributed by atoms with Crippen molar-refractivity contribution in [3.63, 3.8) is 0 Å². The Kier molecular flexibility index (Phi) is 2.98. The maximum atomic E-state index is 13.5. The van der Waals surface area contributed by atoms with Gasteiger partial charge in [0.25, 0.3) is 0 Å². The zero-order chi connectivity index (χ0) is 12.5. The standard InChI is InChI=1S/C13H11FO2S/c1-17(15,16)11-8-6-10(7-9-11)12-4-2-3-5-13(12)14/h2-9H,1H3. The normalized spacial score (nSPS) is 11.4. The molecule has 0 unspecified atom stereocenters. The average Bonchev–Trinajstić information content (AvgIpc) is 2.29. The molecule has 0 atom stereocenters. The van der Waals surface area contributed by atoms with Gasteiger partial charge in [-0.05, 0) is 23.8 Å². The quantitative estimate of drug-likeness (QED) is 0.821. The number of hydrogen-bond donors (Lipinski definition) is 0. The highest BCUT2D eigenvalue weighted by atomic mass is 32.2. The van der Waals surface area contributed by atoms with E-state index in [2.05, 4.69) is 0 Å². The first-order chi connectivity index (χ1) is 7.98. The second kappa shape index (κ2) is 4.30. The lowest BCUT2D eigenvalue weighted by atomic mass is 10.1. The van der Waals surface area contributed by atoms with Gasteiger partial charge < -0.3 is 0 Å². The van der Waals surface area contributed by atoms with Crippen molar-refractivity contribution in [1.82, 2.24) is 0 Å². The molecule has 0 aromatic heterocycles. The van der Waals surface area contributed by atoms with Crippen LogP contribution in [0, 0.1) is 5.82 Å². The third-order valence-corrected chi connectivity index (χ3v) is 3.60. The summed E-state index contributed by atoms with van der Waals surface area (Å²) in [6, 6.07) is 12.6. The van der Waals surface area contributed by atoms with Gasteiger partial charge in [0.2, 0.25) is 0 Å². The molecule has 4 heteroatoms. The van der Waals surface area contributed by atoms with Gasteiger partial charge in [-0.2, -0.15) is 0 Å². The van der Waals surface area contributed by atoms with Crippen molar-refractivity contribution in [2.24, 2.45) is 0 Å². The monoisotopic (exact) mass is 250 g/mol. The fraction of sp³-hybridized carbons (Fsp3) is 0.0769. The summed E-state index contributed by atoms with van der Waals surface area (Å²) >= 11 is 0. The molecule has 0 aliphatic heterocycles. The third-order valence-electron chi connectivity index (χ3n) is 2.47. The van der Waals surface area contributed by atoms with Gasteiger partial charge in [0.15, 0.2) is 9.84 Å². The Labute approximate surface area is 99.6 Å². The van der Waals surface area contributed by atoms with Crippen LogP contribution in [0.1, 0.15) is 0 Å². The maximum Gasteiger partial charge on any atom is 0.175 e. The number of rotatable bonds is 2. The molecular formula is C13H11FO2S. The predicted molar refractivity (Wildman–Crippen MR) is 64.9 cm³/mol. The molecule has 0 aliphatic rings. The topological polar surface area (TPSA) is 34.1 Å². The van der Waals surface area contributed by atoms with E-state index >= 15 is 0 Å². The summed E-state index contributed by atoms with van der Waals surface area (Å²) in [4.78, 5) is 0.234. The lowest BCUT2D eigenvalue weighted by Crippen LogP contribution is -1.96. The zero-order valence-electron chi connectivity index (χ0n) is 9.22. The molecule has 0 amide bonds. The molecule has 2 aromatic carbocycles. The van der Waals surface area contributed by atoms with Crippen molar-refractivity contribution in [2.75, 3.05) is 6.26 Å². The molecule has 0 bridgehead atoms. The van der Waals surface area contributed by atoms with E-state index in [4.69, 9.17) is 0 Å². The molecule has 88 valence electrons. The molecule has 0 radical (unpaired) electrons. The van der Waals surface area contributed by atoms with Gasteiger partial charge in [0.05, 0.1) is 4.90 Å². The van der Waals surface area contributed by atoms with Crippen LogP contribution in [0.15, 0.2) is 53.4 Å². The first kappa shape index (κ1) is 11.8. The van der Waals surface area contributed by atoms with Gasteiger partial charge in [0.1, 0.15) is 5.82 Å². The van der Waals surface area contributed by atoms with Crippen molar-refractivity contribution in [2.45, 2.75) is 4.90 Å². The van der Waals surface area contributed by atoms with Crippen LogP contribution in [0.3, 0.4) is 0 Å². The largest absolute Gasteiger partial charge is 0.224 e. The van der Waals surface area contributed by atoms with Crippen molar-refractivity contribution < 1.29 is 12.8 Å². The Morgan fingerprint density at radius 1 is 0.941 bits per heavy atom. The molecular weight excluding hydrogens is 239 g/mol. The van der Waals surface area contributed by atoms with Crippen LogP contribution < -0.4 is 0 Å². The lowest BCUT2D eigenvalue weighted by molar-refractivity contribution is 0.602. The summed E-state index contributed by atoms with van der Waals surface area (Å²) < 4.78 is 36.0. The van der Waals surface area contributed by atoms with Crippen LogP contribution in [0.5, 0.6) is 0 Å². The van der Waals surface area contributed by atoms with E-state index < -0.39 is 9.84 Å². The highest BCUT2D eigenvalue weighted by Crippen LogP contribution is 2.23. The number of sulfone groups is 1. The van der Waals surface area contributed by atoms with Crippen LogP contribution in [-0.2, 0) is 9.84 Å². The molecule has 2 aromatic rings. The highest BCUT2D eigenvalue weighted by molar-refractivity contribution is 7.90. The average molecular weight is 250 g/mol. The van der Waals surface area contributed by atoms with Crippen molar-refractivity contribution in [1.29, 1.82) is 0 Å². The van der Waals surface area contributed by atoms with Gasteiger partial charge in [-0.1, -0.05) is 30.3 Å². The summed E-state index contributed by atoms with van der Waals surface area (Å²) in [6.45, 7) is 0. The van der Waals surface area contributed by atoms with Crippen LogP contribution in [-0.4, -0.2) is 14.7 Å². The van der Waals surface area contributed by atoms with Gasteiger partial charge in [0, 0.05) is 11.8 Å². The van der Waals surface area contributed by atoms with E-state index in [9.17, 15) is 12.8 Å². The minimum Gasteiger partial charge on any atom is -0.224 e. The Hall–Kier alpha value is -1.68. The fourth-order valence-corrected chi connectivity index (χ4v) is 2.21. The van der Waals surface area contributed by atoms with Crippen molar-refractivity contribution >= 4 is 9.84 Å². The molecule has 17 heavy (non-hydrogen) atoms. The molecule has 2 nitrogen and oxygen atoms in total. The van der Waals surface area contributed by atoms with E-state index in [1.807, 2.05) is 0 Å². The van der Waals surface area contributed by atoms with Crippen molar-refractivity contribution in [3.05, 3.63) is 54.3 Å². The molecule has 0 heterocycles. The Morgan fingerprint density at radius 3 is 2.06 bits per heavy atom. The Morgan fingerprint density at radius 2 is 1.53 bits per heavy atom. The maximum absolute atomic E-state index is 13.5. The van der Waals surface area contributed by atoms with Crippen LogP contribution >= 0.6 is 0 Å². The fourth-order valence-electron chi connectivity index (χ4n) is 1.58. The van der Waals surface area contributed by atoms with Gasteiger partial charge in [-0.25, -0.2) is 12.8 Å². The molecule has 0 fully saturated rings. The first-order valence-electron chi connectivity index (χ1n) is 5.03. The van der Waals surface area contributed by atoms with E-state index in [0.717, 1.165) is 6.26 Å². The van der Waals surface area contributed by atoms with Gasteiger partial charge in [-0.3, -0.25) is 0 Å². The Balaban J connectivity index is 2.47. The van der Waals surface area contributed by atoms with Crippen LogP contribution in [0.4, 0.5) is 4.39 Å². The second-order valence-corrected chi connectivity index (χ2v) is 5.79. The van der Waals surface area contributed by atoms with Crippen LogP contribution in [0.2, 0.25) is 0 Å². The van der Waals surface area contributed by atoms with Crippen molar-refractivity contribution in [3.8, 4) is 11.1 Å². The van der Waals surface area contributed by atoms with E-state index in [1.54, 1.807) is 30.3 Å². The highest BCUT2D eigenvalue weighted by Gasteiger charge is 2.08. The number of hydrogen-bond acceptors (Lipinski definition) is 2. The minimum atomic E-state index is -3.21. The molecule has 0 aliphatic carbocycles. The summed E-state index contributed by atoms with van der Waals surface area (Å²) in [7, 11) is -3.21. The number of halogens is 1. The Bertz CT molecular complexity index is 631. The molecule has 0 saturated carbocycles. The van der Waals surface area contributed by atoms with E-state index in [1.165, 1.54) is 18.2 Å². The summed E-state index contributed by atoms with van der Waals surface area (Å²) in [5.74, 6) is -0.320. The van der Waals surface area contributed by atoms with Gasteiger partial charge >= 0.3 is 0 Å². The third kappa shape index (κ3) is 2.53. The lowest BCUT2D eigenvalue weighted by Gasteiger charge is -2.04. The molecule has 0 spiro atoms. The smallest absolute Gasteiger partial charge is 0.175 e. The summed E-state index contributed by atoms with van der Waals surface area (Å²) in [5.41, 5.74) is 1.13. The first-order valence-corrected chi connectivity index (χ1v) is 6.92. The number of benzene rings is 2. The van der Waals surface area contributed by atoms with E-state index in [0.29, 0.717) is 11.1 Å². The summed E-state index contributed by atoms with van der Waals surface area (Å²) in [6.07, 6.45) is 1.14. The molecule has 0 N–H and O–H groups in total. The molecule has 2 rings (SSSR count). The predicted octanol–water partition coefficient (Wildman–Crippen LogP) is 2.90. The van der Waals surface area contributed by atoms with E-state index in [-0.39, 0.29) is 10.7 Å². The summed E-state index contributed by atoms with van der Waals surface area (Å²) in [5, 5.41) is 0. The van der Waals surface area contributed by atoms with Gasteiger partial charge in [-0.15, -0.1) is 0 Å².